The molecule has 0 unspecified atom stereocenters. The lowest BCUT2D eigenvalue weighted by molar-refractivity contribution is 0.0690. The van der Waals surface area contributed by atoms with Crippen LogP contribution in [-0.4, -0.2) is 16.1 Å². The Balaban J connectivity index is 2.18. The van der Waals surface area contributed by atoms with Crippen molar-refractivity contribution in [3.63, 3.8) is 0 Å². The summed E-state index contributed by atoms with van der Waals surface area (Å²) in [5.74, 6) is -1.33. The zero-order chi connectivity index (χ0) is 13.1. The van der Waals surface area contributed by atoms with Crippen LogP contribution < -0.4 is 5.32 Å². The number of aryl methyl sites for hydroxylation is 1. The third-order valence-electron chi connectivity index (χ3n) is 2.43. The standard InChI is InChI=1S/C13H11FN2O2/c1-8-6-9(2-4-11(8)14)16-10-3-5-12(13(17)18)15-7-10/h2-7,16H,1H3,(H,17,18). The molecule has 18 heavy (non-hydrogen) atoms. The predicted molar refractivity (Wildman–Crippen MR) is 65.6 cm³/mol. The number of anilines is 2. The minimum Gasteiger partial charge on any atom is -0.477 e. The first-order valence-electron chi connectivity index (χ1n) is 5.29. The summed E-state index contributed by atoms with van der Waals surface area (Å²) < 4.78 is 13.1. The van der Waals surface area contributed by atoms with Crippen molar-refractivity contribution in [3.05, 3.63) is 53.6 Å². The van der Waals surface area contributed by atoms with Crippen LogP contribution in [0.3, 0.4) is 0 Å². The lowest BCUT2D eigenvalue weighted by atomic mass is 10.2. The molecule has 0 fully saturated rings. The molecule has 1 heterocycles. The van der Waals surface area contributed by atoms with E-state index in [9.17, 15) is 9.18 Å². The van der Waals surface area contributed by atoms with Crippen molar-refractivity contribution >= 4 is 17.3 Å². The van der Waals surface area contributed by atoms with Crippen molar-refractivity contribution in [2.75, 3.05) is 5.32 Å². The topological polar surface area (TPSA) is 62.2 Å². The molecular weight excluding hydrogens is 235 g/mol. The first-order valence-corrected chi connectivity index (χ1v) is 5.29. The second-order valence-electron chi connectivity index (χ2n) is 3.83. The molecule has 0 aliphatic rings. The zero-order valence-electron chi connectivity index (χ0n) is 9.64. The van der Waals surface area contributed by atoms with Gasteiger partial charge in [-0.25, -0.2) is 14.2 Å². The van der Waals surface area contributed by atoms with E-state index in [0.29, 0.717) is 11.3 Å². The van der Waals surface area contributed by atoms with Gasteiger partial charge < -0.3 is 10.4 Å². The Morgan fingerprint density at radius 2 is 2.00 bits per heavy atom. The van der Waals surface area contributed by atoms with Crippen LogP contribution in [0.5, 0.6) is 0 Å². The molecule has 0 aliphatic heterocycles. The summed E-state index contributed by atoms with van der Waals surface area (Å²) in [6, 6.07) is 7.65. The highest BCUT2D eigenvalue weighted by Crippen LogP contribution is 2.18. The van der Waals surface area contributed by atoms with E-state index in [1.165, 1.54) is 18.3 Å². The third-order valence-corrected chi connectivity index (χ3v) is 2.43. The lowest BCUT2D eigenvalue weighted by Gasteiger charge is -2.07. The Morgan fingerprint density at radius 1 is 1.28 bits per heavy atom. The fourth-order valence-corrected chi connectivity index (χ4v) is 1.48. The maximum atomic E-state index is 13.1. The summed E-state index contributed by atoms with van der Waals surface area (Å²) in [7, 11) is 0. The molecule has 0 amide bonds. The fourth-order valence-electron chi connectivity index (χ4n) is 1.48. The largest absolute Gasteiger partial charge is 0.477 e. The van der Waals surface area contributed by atoms with Gasteiger partial charge in [-0.3, -0.25) is 0 Å². The number of benzene rings is 1. The number of hydrogen-bond donors (Lipinski definition) is 2. The van der Waals surface area contributed by atoms with E-state index >= 15 is 0 Å². The van der Waals surface area contributed by atoms with Gasteiger partial charge in [0.05, 0.1) is 11.9 Å². The summed E-state index contributed by atoms with van der Waals surface area (Å²) in [5, 5.41) is 11.7. The number of carboxylic acids is 1. The number of nitrogens with one attached hydrogen (secondary N) is 1. The molecule has 0 aliphatic carbocycles. The number of nitrogens with zero attached hydrogens (tertiary/aromatic N) is 1. The maximum Gasteiger partial charge on any atom is 0.354 e. The highest BCUT2D eigenvalue weighted by atomic mass is 19.1. The zero-order valence-corrected chi connectivity index (χ0v) is 9.64. The Morgan fingerprint density at radius 3 is 2.56 bits per heavy atom. The molecule has 2 rings (SSSR count). The van der Waals surface area contributed by atoms with E-state index in [0.717, 1.165) is 5.69 Å². The molecule has 0 bridgehead atoms. The first kappa shape index (κ1) is 12.0. The summed E-state index contributed by atoms with van der Waals surface area (Å²) in [6.07, 6.45) is 1.42. The molecule has 0 atom stereocenters. The van der Waals surface area contributed by atoms with Crippen LogP contribution in [0, 0.1) is 12.7 Å². The van der Waals surface area contributed by atoms with Crippen molar-refractivity contribution in [1.82, 2.24) is 4.98 Å². The molecule has 0 saturated carbocycles. The Bertz CT molecular complexity index is 582. The Labute approximate surface area is 103 Å². The smallest absolute Gasteiger partial charge is 0.354 e. The number of aromatic nitrogens is 1. The number of carbonyl (C=O) groups is 1. The van der Waals surface area contributed by atoms with Crippen LogP contribution in [0.15, 0.2) is 36.5 Å². The molecule has 1 aromatic heterocycles. The average molecular weight is 246 g/mol. The van der Waals surface area contributed by atoms with Crippen molar-refractivity contribution < 1.29 is 14.3 Å². The Kier molecular flexibility index (Phi) is 3.23. The molecular formula is C13H11FN2O2. The number of hydrogen-bond acceptors (Lipinski definition) is 3. The van der Waals surface area contributed by atoms with E-state index in [1.807, 2.05) is 0 Å². The summed E-state index contributed by atoms with van der Waals surface area (Å²) in [6.45, 7) is 1.67. The molecule has 0 radical (unpaired) electrons. The minimum absolute atomic E-state index is 0.0177. The van der Waals surface area contributed by atoms with E-state index in [1.54, 1.807) is 25.1 Å². The van der Waals surface area contributed by atoms with Gasteiger partial charge in [0.15, 0.2) is 0 Å². The van der Waals surface area contributed by atoms with Crippen LogP contribution in [0.25, 0.3) is 0 Å². The van der Waals surface area contributed by atoms with Gasteiger partial charge in [0, 0.05) is 5.69 Å². The van der Waals surface area contributed by atoms with Gasteiger partial charge in [-0.1, -0.05) is 0 Å². The van der Waals surface area contributed by atoms with E-state index in [2.05, 4.69) is 10.3 Å². The van der Waals surface area contributed by atoms with Crippen LogP contribution in [0.1, 0.15) is 16.1 Å². The fraction of sp³-hybridized carbons (Fsp3) is 0.0769. The molecule has 2 aromatic rings. The van der Waals surface area contributed by atoms with Crippen molar-refractivity contribution in [2.45, 2.75) is 6.92 Å². The second kappa shape index (κ2) is 4.83. The first-order chi connectivity index (χ1) is 8.56. The van der Waals surface area contributed by atoms with Gasteiger partial charge in [0.2, 0.25) is 0 Å². The summed E-state index contributed by atoms with van der Waals surface area (Å²) >= 11 is 0. The molecule has 92 valence electrons. The molecule has 0 saturated heterocycles. The summed E-state index contributed by atoms with van der Waals surface area (Å²) in [4.78, 5) is 14.4. The number of aromatic carboxylic acids is 1. The van der Waals surface area contributed by atoms with Crippen LogP contribution in [0.2, 0.25) is 0 Å². The predicted octanol–water partition coefficient (Wildman–Crippen LogP) is 2.97. The highest BCUT2D eigenvalue weighted by Gasteiger charge is 2.04. The average Bonchev–Trinajstić information content (AvgIpc) is 2.34. The third kappa shape index (κ3) is 2.63. The van der Waals surface area contributed by atoms with Gasteiger partial charge in [-0.2, -0.15) is 0 Å². The Hall–Kier alpha value is -2.43. The number of carboxylic acid groups (broad SMARTS) is 1. The quantitative estimate of drug-likeness (QED) is 0.874. The second-order valence-corrected chi connectivity index (χ2v) is 3.83. The van der Waals surface area contributed by atoms with Crippen LogP contribution >= 0.6 is 0 Å². The van der Waals surface area contributed by atoms with E-state index in [4.69, 9.17) is 5.11 Å². The van der Waals surface area contributed by atoms with E-state index in [-0.39, 0.29) is 11.5 Å². The normalized spacial score (nSPS) is 10.1. The van der Waals surface area contributed by atoms with Gasteiger partial charge >= 0.3 is 5.97 Å². The van der Waals surface area contributed by atoms with Gasteiger partial charge in [0.25, 0.3) is 0 Å². The SMILES string of the molecule is Cc1cc(Nc2ccc(C(=O)O)nc2)ccc1F. The number of rotatable bonds is 3. The molecule has 0 spiro atoms. The van der Waals surface area contributed by atoms with Gasteiger partial charge in [-0.15, -0.1) is 0 Å². The molecule has 1 aromatic carbocycles. The monoisotopic (exact) mass is 246 g/mol. The molecule has 4 nitrogen and oxygen atoms in total. The highest BCUT2D eigenvalue weighted by molar-refractivity contribution is 5.85. The molecule has 2 N–H and O–H groups in total. The number of pyridine rings is 1. The van der Waals surface area contributed by atoms with Gasteiger partial charge in [-0.05, 0) is 42.8 Å². The van der Waals surface area contributed by atoms with Gasteiger partial charge in [0.1, 0.15) is 11.5 Å². The van der Waals surface area contributed by atoms with Crippen molar-refractivity contribution in [2.24, 2.45) is 0 Å². The molecule has 5 heteroatoms. The van der Waals surface area contributed by atoms with E-state index < -0.39 is 5.97 Å². The van der Waals surface area contributed by atoms with Crippen molar-refractivity contribution in [1.29, 1.82) is 0 Å². The number of halogens is 1. The maximum absolute atomic E-state index is 13.1. The van der Waals surface area contributed by atoms with Crippen LogP contribution in [0.4, 0.5) is 15.8 Å². The minimum atomic E-state index is -1.07. The van der Waals surface area contributed by atoms with Crippen LogP contribution in [-0.2, 0) is 0 Å². The summed E-state index contributed by atoms with van der Waals surface area (Å²) in [5.41, 5.74) is 1.88. The lowest BCUT2D eigenvalue weighted by Crippen LogP contribution is -2.00. The van der Waals surface area contributed by atoms with Crippen molar-refractivity contribution in [3.8, 4) is 0 Å².